The summed E-state index contributed by atoms with van der Waals surface area (Å²) in [6.07, 6.45) is 16.9. The van der Waals surface area contributed by atoms with E-state index in [0.29, 0.717) is 5.41 Å². The molecule has 128 valence electrons. The van der Waals surface area contributed by atoms with Crippen LogP contribution in [0.2, 0.25) is 0 Å². The highest BCUT2D eigenvalue weighted by Gasteiger charge is 2.08. The molecule has 0 aliphatic heterocycles. The minimum Gasteiger partial charge on any atom is -0.252 e. The van der Waals surface area contributed by atoms with Gasteiger partial charge in [0.2, 0.25) is 0 Å². The molecule has 3 heteroatoms. The molecule has 0 aromatic carbocycles. The van der Waals surface area contributed by atoms with E-state index in [1.807, 2.05) is 4.68 Å². The Kier molecular flexibility index (Phi) is 9.42. The molecule has 0 bridgehead atoms. The fourth-order valence-electron chi connectivity index (χ4n) is 2.78. The molecular formula is C19H37N3. The molecule has 22 heavy (non-hydrogen) atoms. The highest BCUT2D eigenvalue weighted by atomic mass is 15.4. The molecule has 1 heterocycles. The van der Waals surface area contributed by atoms with Gasteiger partial charge in [-0.2, -0.15) is 0 Å². The quantitative estimate of drug-likeness (QED) is 0.458. The van der Waals surface area contributed by atoms with Gasteiger partial charge in [-0.1, -0.05) is 84.3 Å². The van der Waals surface area contributed by atoms with Crippen molar-refractivity contribution >= 4 is 0 Å². The zero-order chi connectivity index (χ0) is 16.3. The Balaban J connectivity index is 1.84. The van der Waals surface area contributed by atoms with E-state index >= 15 is 0 Å². The zero-order valence-electron chi connectivity index (χ0n) is 15.4. The first-order valence-corrected chi connectivity index (χ1v) is 9.40. The molecule has 0 aliphatic carbocycles. The molecule has 0 N–H and O–H groups in total. The fraction of sp³-hybridized carbons (Fsp3) is 0.895. The van der Waals surface area contributed by atoms with Crippen molar-refractivity contribution < 1.29 is 0 Å². The molecule has 0 aliphatic rings. The molecular weight excluding hydrogens is 270 g/mol. The van der Waals surface area contributed by atoms with Gasteiger partial charge < -0.3 is 0 Å². The molecule has 0 saturated heterocycles. The van der Waals surface area contributed by atoms with Crippen molar-refractivity contribution in [2.75, 3.05) is 0 Å². The lowest BCUT2D eigenvalue weighted by Gasteiger charge is -2.17. The summed E-state index contributed by atoms with van der Waals surface area (Å²) < 4.78 is 1.99. The van der Waals surface area contributed by atoms with E-state index in [1.165, 1.54) is 64.2 Å². The lowest BCUT2D eigenvalue weighted by molar-refractivity contribution is 0.356. The van der Waals surface area contributed by atoms with Gasteiger partial charge in [0.1, 0.15) is 0 Å². The van der Waals surface area contributed by atoms with E-state index in [-0.39, 0.29) is 0 Å². The number of aryl methyl sites for hydroxylation is 2. The summed E-state index contributed by atoms with van der Waals surface area (Å²) in [5, 5.41) is 8.27. The topological polar surface area (TPSA) is 30.7 Å². The molecule has 1 rings (SSSR count). The summed E-state index contributed by atoms with van der Waals surface area (Å²) in [6.45, 7) is 10.2. The molecule has 0 radical (unpaired) electrons. The summed E-state index contributed by atoms with van der Waals surface area (Å²) in [6, 6.07) is 0. The van der Waals surface area contributed by atoms with E-state index in [0.717, 1.165) is 18.7 Å². The Bertz CT molecular complexity index is 376. The molecule has 1 aromatic rings. The Morgan fingerprint density at radius 2 is 1.41 bits per heavy atom. The third-order valence-corrected chi connectivity index (χ3v) is 4.26. The van der Waals surface area contributed by atoms with Crippen LogP contribution in [-0.4, -0.2) is 15.0 Å². The second-order valence-electron chi connectivity index (χ2n) is 7.82. The fourth-order valence-corrected chi connectivity index (χ4v) is 2.78. The van der Waals surface area contributed by atoms with Crippen molar-refractivity contribution in [3.8, 4) is 0 Å². The summed E-state index contributed by atoms with van der Waals surface area (Å²) in [7, 11) is 0. The second-order valence-corrected chi connectivity index (χ2v) is 7.82. The normalized spacial score (nSPS) is 12.0. The SMILES string of the molecule is CCc1cn(CCCCCCCCCCCC(C)(C)C)nn1. The molecule has 3 nitrogen and oxygen atoms in total. The second kappa shape index (κ2) is 10.8. The average molecular weight is 308 g/mol. The minimum absolute atomic E-state index is 0.516. The molecule has 0 amide bonds. The standard InChI is InChI=1S/C19H37N3/c1-5-18-17-22(21-20-18)16-14-12-10-8-6-7-9-11-13-15-19(2,3)4/h17H,5-16H2,1-4H3. The zero-order valence-corrected chi connectivity index (χ0v) is 15.4. The number of hydrogen-bond donors (Lipinski definition) is 0. The lowest BCUT2D eigenvalue weighted by Crippen LogP contribution is -2.03. The van der Waals surface area contributed by atoms with Gasteiger partial charge in [-0.25, -0.2) is 0 Å². The lowest BCUT2D eigenvalue weighted by atomic mass is 9.89. The number of rotatable bonds is 12. The monoisotopic (exact) mass is 307 g/mol. The average Bonchev–Trinajstić information content (AvgIpc) is 2.91. The highest BCUT2D eigenvalue weighted by molar-refractivity contribution is 4.90. The first-order chi connectivity index (χ1) is 10.5. The van der Waals surface area contributed by atoms with Crippen molar-refractivity contribution in [1.29, 1.82) is 0 Å². The van der Waals surface area contributed by atoms with Gasteiger partial charge in [-0.3, -0.25) is 4.68 Å². The summed E-state index contributed by atoms with van der Waals surface area (Å²) in [5.74, 6) is 0. The predicted molar refractivity (Wildman–Crippen MR) is 95.0 cm³/mol. The van der Waals surface area contributed by atoms with Crippen LogP contribution in [0, 0.1) is 5.41 Å². The predicted octanol–water partition coefficient (Wildman–Crippen LogP) is 5.79. The van der Waals surface area contributed by atoms with E-state index in [4.69, 9.17) is 0 Å². The third-order valence-electron chi connectivity index (χ3n) is 4.26. The summed E-state index contributed by atoms with van der Waals surface area (Å²) in [4.78, 5) is 0. The number of unbranched alkanes of at least 4 members (excludes halogenated alkanes) is 8. The highest BCUT2D eigenvalue weighted by Crippen LogP contribution is 2.22. The van der Waals surface area contributed by atoms with Crippen LogP contribution in [0.5, 0.6) is 0 Å². The van der Waals surface area contributed by atoms with Crippen LogP contribution in [0.3, 0.4) is 0 Å². The molecule has 0 spiro atoms. The Morgan fingerprint density at radius 1 is 0.864 bits per heavy atom. The molecule has 0 fully saturated rings. The number of hydrogen-bond acceptors (Lipinski definition) is 2. The number of aromatic nitrogens is 3. The van der Waals surface area contributed by atoms with Crippen LogP contribution in [0.15, 0.2) is 6.20 Å². The van der Waals surface area contributed by atoms with E-state index in [2.05, 4.69) is 44.2 Å². The summed E-state index contributed by atoms with van der Waals surface area (Å²) in [5.41, 5.74) is 1.62. The minimum atomic E-state index is 0.516. The van der Waals surface area contributed by atoms with Gasteiger partial charge in [0, 0.05) is 12.7 Å². The van der Waals surface area contributed by atoms with Crippen molar-refractivity contribution in [1.82, 2.24) is 15.0 Å². The van der Waals surface area contributed by atoms with Crippen molar-refractivity contribution in [2.45, 2.75) is 105 Å². The van der Waals surface area contributed by atoms with Gasteiger partial charge in [0.25, 0.3) is 0 Å². The Morgan fingerprint density at radius 3 is 1.91 bits per heavy atom. The smallest absolute Gasteiger partial charge is 0.0824 e. The molecule has 0 unspecified atom stereocenters. The third kappa shape index (κ3) is 9.97. The summed E-state index contributed by atoms with van der Waals surface area (Å²) >= 11 is 0. The van der Waals surface area contributed by atoms with Crippen molar-refractivity contribution in [2.24, 2.45) is 5.41 Å². The van der Waals surface area contributed by atoms with Crippen molar-refractivity contribution in [3.63, 3.8) is 0 Å². The Hall–Kier alpha value is -0.860. The maximum absolute atomic E-state index is 4.15. The van der Waals surface area contributed by atoms with Crippen LogP contribution in [0.1, 0.15) is 97.6 Å². The molecule has 0 saturated carbocycles. The first-order valence-electron chi connectivity index (χ1n) is 9.40. The largest absolute Gasteiger partial charge is 0.252 e. The Labute approximate surface area is 137 Å². The van der Waals surface area contributed by atoms with E-state index in [1.54, 1.807) is 0 Å². The molecule has 0 atom stereocenters. The van der Waals surface area contributed by atoms with Gasteiger partial charge in [-0.15, -0.1) is 5.10 Å². The van der Waals surface area contributed by atoms with Gasteiger partial charge >= 0.3 is 0 Å². The van der Waals surface area contributed by atoms with E-state index in [9.17, 15) is 0 Å². The maximum atomic E-state index is 4.15. The first kappa shape index (κ1) is 19.2. The van der Waals surface area contributed by atoms with Gasteiger partial charge in [0.15, 0.2) is 0 Å². The molecule has 1 aromatic heterocycles. The van der Waals surface area contributed by atoms with Gasteiger partial charge in [0.05, 0.1) is 5.69 Å². The van der Waals surface area contributed by atoms with Crippen LogP contribution in [0.4, 0.5) is 0 Å². The van der Waals surface area contributed by atoms with Crippen molar-refractivity contribution in [3.05, 3.63) is 11.9 Å². The maximum Gasteiger partial charge on any atom is 0.0824 e. The van der Waals surface area contributed by atoms with Crippen LogP contribution >= 0.6 is 0 Å². The van der Waals surface area contributed by atoms with Crippen LogP contribution in [-0.2, 0) is 13.0 Å². The van der Waals surface area contributed by atoms with Crippen LogP contribution < -0.4 is 0 Å². The number of nitrogens with zero attached hydrogens (tertiary/aromatic N) is 3. The van der Waals surface area contributed by atoms with E-state index < -0.39 is 0 Å². The van der Waals surface area contributed by atoms with Crippen LogP contribution in [0.25, 0.3) is 0 Å². The van der Waals surface area contributed by atoms with Gasteiger partial charge in [-0.05, 0) is 24.7 Å².